The molecule has 1 aromatic heterocycles. The lowest BCUT2D eigenvalue weighted by Crippen LogP contribution is -2.24. The van der Waals surface area contributed by atoms with Gasteiger partial charge in [-0.05, 0) is 55.0 Å². The lowest BCUT2D eigenvalue weighted by atomic mass is 9.80. The summed E-state index contributed by atoms with van der Waals surface area (Å²) in [6.07, 6.45) is 3.42. The van der Waals surface area contributed by atoms with Crippen molar-refractivity contribution >= 4 is 23.3 Å². The molecule has 0 saturated heterocycles. The smallest absolute Gasteiger partial charge is 0.211 e. The fraction of sp³-hybridized carbons (Fsp3) is 0.235. The van der Waals surface area contributed by atoms with E-state index in [2.05, 4.69) is 21.3 Å². The van der Waals surface area contributed by atoms with Gasteiger partial charge in [0.25, 0.3) is 0 Å². The number of fused-ring (bicyclic) bond motifs is 1. The second-order valence-electron chi connectivity index (χ2n) is 5.68. The number of aryl methyl sites for hydroxylation is 1. The zero-order valence-electron chi connectivity index (χ0n) is 12.8. The molecule has 0 saturated carbocycles. The van der Waals surface area contributed by atoms with Crippen LogP contribution in [0.15, 0.2) is 46.7 Å². The van der Waals surface area contributed by atoms with Crippen LogP contribution < -0.4 is 11.5 Å². The molecule has 23 heavy (non-hydrogen) atoms. The number of nitrogens with zero attached hydrogens (tertiary/aromatic N) is 3. The summed E-state index contributed by atoms with van der Waals surface area (Å²) in [6, 6.07) is 9.88. The third kappa shape index (κ3) is 3.35. The lowest BCUT2D eigenvalue weighted by Gasteiger charge is -2.26. The molecule has 1 aromatic carbocycles. The molecule has 2 aromatic rings. The number of guanidine groups is 1. The second kappa shape index (κ2) is 6.38. The average molecular weight is 328 g/mol. The number of rotatable bonds is 2. The highest BCUT2D eigenvalue weighted by Gasteiger charge is 2.27. The molecule has 0 radical (unpaired) electrons. The van der Waals surface area contributed by atoms with Gasteiger partial charge >= 0.3 is 0 Å². The second-order valence-corrected chi connectivity index (χ2v) is 6.12. The first-order valence-electron chi connectivity index (χ1n) is 7.40. The van der Waals surface area contributed by atoms with Gasteiger partial charge in [-0.3, -0.25) is 4.98 Å². The number of hydrogen-bond acceptors (Lipinski definition) is 3. The van der Waals surface area contributed by atoms with Gasteiger partial charge in [0.15, 0.2) is 0 Å². The van der Waals surface area contributed by atoms with Gasteiger partial charge in [-0.25, -0.2) is 0 Å². The van der Waals surface area contributed by atoms with E-state index in [4.69, 9.17) is 23.1 Å². The topological polar surface area (TPSA) is 89.6 Å². The van der Waals surface area contributed by atoms with Crippen LogP contribution in [0.5, 0.6) is 0 Å². The van der Waals surface area contributed by atoms with Crippen molar-refractivity contribution in [2.75, 3.05) is 0 Å². The summed E-state index contributed by atoms with van der Waals surface area (Å²) in [5.74, 6) is 0.203. The highest BCUT2D eigenvalue weighted by atomic mass is 35.5. The van der Waals surface area contributed by atoms with Gasteiger partial charge in [0, 0.05) is 16.8 Å². The highest BCUT2D eigenvalue weighted by molar-refractivity contribution is 6.30. The molecule has 1 heterocycles. The van der Waals surface area contributed by atoms with E-state index < -0.39 is 0 Å². The normalized spacial score (nSPS) is 18.5. The van der Waals surface area contributed by atoms with Gasteiger partial charge in [-0.2, -0.15) is 5.10 Å². The van der Waals surface area contributed by atoms with E-state index in [0.29, 0.717) is 0 Å². The van der Waals surface area contributed by atoms with Crippen LogP contribution in [0.3, 0.4) is 0 Å². The summed E-state index contributed by atoms with van der Waals surface area (Å²) in [5, 5.41) is 8.83. The van der Waals surface area contributed by atoms with Gasteiger partial charge in [-0.1, -0.05) is 23.7 Å². The molecule has 0 spiro atoms. The molecule has 5 nitrogen and oxygen atoms in total. The highest BCUT2D eigenvalue weighted by Crippen LogP contribution is 2.34. The molecule has 3 rings (SSSR count). The Morgan fingerprint density at radius 1 is 1.26 bits per heavy atom. The summed E-state index contributed by atoms with van der Waals surface area (Å²) in [5.41, 5.74) is 16.1. The minimum Gasteiger partial charge on any atom is -0.369 e. The van der Waals surface area contributed by atoms with E-state index in [9.17, 15) is 0 Å². The molecule has 0 aliphatic heterocycles. The van der Waals surface area contributed by atoms with Crippen LogP contribution in [0.4, 0.5) is 0 Å². The van der Waals surface area contributed by atoms with Crippen molar-refractivity contribution in [2.45, 2.75) is 25.7 Å². The molecule has 1 aliphatic carbocycles. The van der Waals surface area contributed by atoms with E-state index in [-0.39, 0.29) is 11.9 Å². The summed E-state index contributed by atoms with van der Waals surface area (Å²) in [6.45, 7) is 2.05. The van der Waals surface area contributed by atoms with Crippen molar-refractivity contribution in [3.63, 3.8) is 0 Å². The van der Waals surface area contributed by atoms with Crippen molar-refractivity contribution < 1.29 is 0 Å². The predicted octanol–water partition coefficient (Wildman–Crippen LogP) is 2.75. The van der Waals surface area contributed by atoms with E-state index in [1.807, 2.05) is 37.4 Å². The summed E-state index contributed by atoms with van der Waals surface area (Å²) < 4.78 is 0. The van der Waals surface area contributed by atoms with Gasteiger partial charge in [0.05, 0.1) is 11.4 Å². The Labute approximate surface area is 140 Å². The quantitative estimate of drug-likeness (QED) is 0.505. The Morgan fingerprint density at radius 3 is 2.83 bits per heavy atom. The molecular formula is C17H18ClN5. The molecule has 118 valence electrons. The van der Waals surface area contributed by atoms with Crippen LogP contribution in [0.1, 0.15) is 34.7 Å². The van der Waals surface area contributed by atoms with Crippen molar-refractivity contribution in [2.24, 2.45) is 21.7 Å². The van der Waals surface area contributed by atoms with Gasteiger partial charge in [0.1, 0.15) is 0 Å². The Balaban J connectivity index is 2.06. The number of benzene rings is 1. The summed E-state index contributed by atoms with van der Waals surface area (Å²) in [4.78, 5) is 4.53. The molecule has 4 N–H and O–H groups in total. The van der Waals surface area contributed by atoms with Crippen LogP contribution in [-0.4, -0.2) is 16.7 Å². The standard InChI is InChI=1S/C17H18ClN5/c1-10-5-6-21-14-8-12(11-3-2-4-13(18)7-11)9-15(16(10)14)22-23-17(19)20/h2-7,12H,8-9H2,1H3,(H4,19,20,23)/b22-15+. The molecule has 0 amide bonds. The first-order valence-corrected chi connectivity index (χ1v) is 7.78. The van der Waals surface area contributed by atoms with Crippen LogP contribution >= 0.6 is 11.6 Å². The van der Waals surface area contributed by atoms with Crippen molar-refractivity contribution in [1.29, 1.82) is 0 Å². The number of halogens is 1. The van der Waals surface area contributed by atoms with Gasteiger partial charge in [0.2, 0.25) is 5.96 Å². The molecule has 0 bridgehead atoms. The maximum atomic E-state index is 6.13. The first-order chi connectivity index (χ1) is 11.0. The molecule has 1 aliphatic rings. The predicted molar refractivity (Wildman–Crippen MR) is 93.8 cm³/mol. The summed E-state index contributed by atoms with van der Waals surface area (Å²) in [7, 11) is 0. The zero-order valence-corrected chi connectivity index (χ0v) is 13.6. The maximum absolute atomic E-state index is 6.13. The number of hydrogen-bond donors (Lipinski definition) is 2. The monoisotopic (exact) mass is 327 g/mol. The summed E-state index contributed by atoms with van der Waals surface area (Å²) >= 11 is 6.13. The van der Waals surface area contributed by atoms with E-state index in [1.54, 1.807) is 0 Å². The number of aromatic nitrogens is 1. The van der Waals surface area contributed by atoms with Gasteiger partial charge in [-0.15, -0.1) is 5.10 Å². The fourth-order valence-electron chi connectivity index (χ4n) is 3.01. The Kier molecular flexibility index (Phi) is 4.30. The minimum absolute atomic E-state index is 0.0505. The van der Waals surface area contributed by atoms with Crippen molar-refractivity contribution in [3.05, 3.63) is 63.9 Å². The Hall–Kier alpha value is -2.40. The fourth-order valence-corrected chi connectivity index (χ4v) is 3.21. The van der Waals surface area contributed by atoms with E-state index in [0.717, 1.165) is 40.4 Å². The average Bonchev–Trinajstić information content (AvgIpc) is 2.52. The largest absolute Gasteiger partial charge is 0.369 e. The Bertz CT molecular complexity index is 793. The third-order valence-electron chi connectivity index (χ3n) is 4.01. The van der Waals surface area contributed by atoms with E-state index >= 15 is 0 Å². The SMILES string of the molecule is Cc1ccnc2c1/C(=N/N=C(N)N)CC(c1cccc(Cl)c1)C2. The molecular weight excluding hydrogens is 310 g/mol. The van der Waals surface area contributed by atoms with E-state index in [1.165, 1.54) is 5.56 Å². The van der Waals surface area contributed by atoms with Gasteiger partial charge < -0.3 is 11.5 Å². The molecule has 1 atom stereocenters. The van der Waals surface area contributed by atoms with Crippen LogP contribution in [0.2, 0.25) is 5.02 Å². The van der Waals surface area contributed by atoms with Crippen LogP contribution in [0, 0.1) is 6.92 Å². The number of nitrogens with two attached hydrogens (primary N) is 2. The lowest BCUT2D eigenvalue weighted by molar-refractivity contribution is 0.677. The first kappa shape index (κ1) is 15.5. The van der Waals surface area contributed by atoms with Crippen LogP contribution in [0.25, 0.3) is 0 Å². The number of pyridine rings is 1. The zero-order chi connectivity index (χ0) is 16.4. The third-order valence-corrected chi connectivity index (χ3v) is 4.25. The Morgan fingerprint density at radius 2 is 2.09 bits per heavy atom. The van der Waals surface area contributed by atoms with Crippen molar-refractivity contribution in [1.82, 2.24) is 4.98 Å². The van der Waals surface area contributed by atoms with Crippen LogP contribution in [-0.2, 0) is 6.42 Å². The van der Waals surface area contributed by atoms with Crippen molar-refractivity contribution in [3.8, 4) is 0 Å². The maximum Gasteiger partial charge on any atom is 0.211 e. The molecule has 6 heteroatoms. The molecule has 0 fully saturated rings. The minimum atomic E-state index is -0.0505. The molecule has 1 unspecified atom stereocenters.